The van der Waals surface area contributed by atoms with Crippen LogP contribution in [-0.2, 0) is 33.9 Å². The topological polar surface area (TPSA) is 202 Å². The number of anilines is 1. The maximum absolute atomic E-state index is 14.4. The van der Waals surface area contributed by atoms with Gasteiger partial charge in [0.1, 0.15) is 40.8 Å². The summed E-state index contributed by atoms with van der Waals surface area (Å²) >= 11 is 0. The highest BCUT2D eigenvalue weighted by atomic mass is 32.2. The van der Waals surface area contributed by atoms with Crippen molar-refractivity contribution in [2.45, 2.75) is 109 Å². The number of carbonyl (C=O) groups is 5. The third-order valence-corrected chi connectivity index (χ3v) is 11.1. The van der Waals surface area contributed by atoms with E-state index in [2.05, 4.69) is 27.3 Å². The number of aryl methyl sites for hydroxylation is 1. The first-order valence-electron chi connectivity index (χ1n) is 17.6. The SMILES string of the molecule is C=CC1CC1(NC(=O)[C@@H]1C[C@@H](OC(=O)Nc2ccccc2-c2ccc(C)o2)CN1C(=O)[C@@H](NC(=O)OC(C)(C)C)C(C)(C)C)C(=O)NS(=O)(=O)C1CC1. The van der Waals surface area contributed by atoms with E-state index in [4.69, 9.17) is 13.9 Å². The number of likely N-dealkylation sites (tertiary alicyclic amines) is 1. The van der Waals surface area contributed by atoms with Crippen LogP contribution >= 0.6 is 0 Å². The molecule has 15 nitrogen and oxygen atoms in total. The fourth-order valence-corrected chi connectivity index (χ4v) is 7.67. The summed E-state index contributed by atoms with van der Waals surface area (Å²) < 4.78 is 44.4. The number of hydrogen-bond acceptors (Lipinski definition) is 10. The average molecular weight is 756 g/mol. The van der Waals surface area contributed by atoms with E-state index in [0.29, 0.717) is 35.6 Å². The van der Waals surface area contributed by atoms with E-state index in [9.17, 15) is 32.4 Å². The zero-order valence-corrected chi connectivity index (χ0v) is 31.9. The summed E-state index contributed by atoms with van der Waals surface area (Å²) in [6, 6.07) is 8.05. The number of ether oxygens (including phenoxy) is 2. The van der Waals surface area contributed by atoms with Crippen LogP contribution in [0.15, 0.2) is 53.5 Å². The van der Waals surface area contributed by atoms with Crippen molar-refractivity contribution in [1.82, 2.24) is 20.3 Å². The van der Waals surface area contributed by atoms with Gasteiger partial charge in [0.15, 0.2) is 0 Å². The van der Waals surface area contributed by atoms with Crippen molar-refractivity contribution in [2.75, 3.05) is 11.9 Å². The molecular formula is C37H49N5O10S. The predicted octanol–water partition coefficient (Wildman–Crippen LogP) is 4.38. The molecule has 1 aliphatic heterocycles. The van der Waals surface area contributed by atoms with Gasteiger partial charge in [-0.15, -0.1) is 6.58 Å². The number of nitrogens with one attached hydrogen (secondary N) is 4. The van der Waals surface area contributed by atoms with Crippen LogP contribution in [0, 0.1) is 18.3 Å². The van der Waals surface area contributed by atoms with Gasteiger partial charge in [0.25, 0.3) is 5.91 Å². The lowest BCUT2D eigenvalue weighted by atomic mass is 9.85. The normalized spacial score (nSPS) is 23.3. The average Bonchev–Trinajstić information content (AvgIpc) is 3.94. The van der Waals surface area contributed by atoms with Gasteiger partial charge in [-0.2, -0.15) is 0 Å². The fourth-order valence-electron chi connectivity index (χ4n) is 6.31. The zero-order chi connectivity index (χ0) is 39.1. The second-order valence-corrected chi connectivity index (χ2v) is 17.9. The van der Waals surface area contributed by atoms with Gasteiger partial charge < -0.3 is 29.4 Å². The highest BCUT2D eigenvalue weighted by Gasteiger charge is 2.62. The first kappa shape index (κ1) is 39.3. The molecule has 3 aliphatic rings. The highest BCUT2D eigenvalue weighted by molar-refractivity contribution is 7.91. The van der Waals surface area contributed by atoms with E-state index in [1.807, 2.05) is 0 Å². The minimum Gasteiger partial charge on any atom is -0.461 e. The number of furan rings is 1. The molecule has 3 fully saturated rings. The number of amides is 5. The molecule has 2 saturated carbocycles. The van der Waals surface area contributed by atoms with Crippen LogP contribution in [0.1, 0.15) is 73.0 Å². The quantitative estimate of drug-likeness (QED) is 0.239. The lowest BCUT2D eigenvalue weighted by molar-refractivity contribution is -0.143. The lowest BCUT2D eigenvalue weighted by Crippen LogP contribution is -2.60. The molecule has 16 heteroatoms. The molecule has 1 saturated heterocycles. The van der Waals surface area contributed by atoms with Gasteiger partial charge in [0.05, 0.1) is 17.5 Å². The van der Waals surface area contributed by atoms with Crippen LogP contribution in [0.5, 0.6) is 0 Å². The number of carbonyl (C=O) groups excluding carboxylic acids is 5. The smallest absolute Gasteiger partial charge is 0.411 e. The Morgan fingerprint density at radius 1 is 1.02 bits per heavy atom. The Labute approximate surface area is 309 Å². The standard InChI is InChI=1S/C37H49N5O10S/c1-9-22-19-37(22,32(45)41-53(48,49)24-15-16-24)40-30(43)27-18-23(20-42(27)31(44)29(35(3,4)5)39-34(47)52-36(6,7)8)51-33(46)38-26-13-11-10-12-25(26)28-17-14-21(2)50-28/h9-14,17,22-24,27,29H,1,15-16,18-20H2,2-8H3,(H,38,46)(H,39,47)(H,40,43)(H,41,45)/t22?,23-,27+,29-,37?/m1/s1. The van der Waals surface area contributed by atoms with E-state index in [1.54, 1.807) is 84.9 Å². The summed E-state index contributed by atoms with van der Waals surface area (Å²) in [5, 5.41) is 7.40. The van der Waals surface area contributed by atoms with E-state index >= 15 is 0 Å². The van der Waals surface area contributed by atoms with Crippen LogP contribution in [-0.4, -0.2) is 84.3 Å². The maximum Gasteiger partial charge on any atom is 0.411 e. The third-order valence-electron chi connectivity index (χ3n) is 9.31. The zero-order valence-electron chi connectivity index (χ0n) is 31.1. The van der Waals surface area contributed by atoms with Gasteiger partial charge in [0, 0.05) is 17.9 Å². The number of rotatable bonds is 11. The van der Waals surface area contributed by atoms with Gasteiger partial charge in [-0.3, -0.25) is 24.4 Å². The minimum absolute atomic E-state index is 0.0939. The molecule has 2 unspecified atom stereocenters. The van der Waals surface area contributed by atoms with Crippen LogP contribution in [0.25, 0.3) is 11.3 Å². The highest BCUT2D eigenvalue weighted by Crippen LogP contribution is 2.45. The Morgan fingerprint density at radius 3 is 2.26 bits per heavy atom. The summed E-state index contributed by atoms with van der Waals surface area (Å²) in [6.07, 6.45) is -0.441. The molecule has 5 atom stereocenters. The Morgan fingerprint density at radius 2 is 1.70 bits per heavy atom. The Kier molecular flexibility index (Phi) is 10.8. The van der Waals surface area contributed by atoms with Crippen molar-refractivity contribution in [3.63, 3.8) is 0 Å². The van der Waals surface area contributed by atoms with Gasteiger partial charge in [-0.1, -0.05) is 39.0 Å². The molecule has 0 spiro atoms. The lowest BCUT2D eigenvalue weighted by Gasteiger charge is -2.36. The molecular weight excluding hydrogens is 706 g/mol. The molecule has 4 N–H and O–H groups in total. The molecule has 0 radical (unpaired) electrons. The van der Waals surface area contributed by atoms with Crippen LogP contribution in [0.3, 0.4) is 0 Å². The van der Waals surface area contributed by atoms with Crippen molar-refractivity contribution < 1.29 is 46.3 Å². The van der Waals surface area contributed by atoms with E-state index < -0.39 is 85.8 Å². The van der Waals surface area contributed by atoms with Crippen LogP contribution in [0.4, 0.5) is 15.3 Å². The number of hydrogen-bond donors (Lipinski definition) is 4. The third kappa shape index (κ3) is 9.21. The predicted molar refractivity (Wildman–Crippen MR) is 195 cm³/mol. The molecule has 1 aromatic carbocycles. The van der Waals surface area contributed by atoms with Crippen molar-refractivity contribution in [2.24, 2.45) is 11.3 Å². The molecule has 2 aliphatic carbocycles. The number of para-hydroxylation sites is 1. The molecule has 5 amide bonds. The van der Waals surface area contributed by atoms with E-state index in [1.165, 1.54) is 11.0 Å². The Bertz CT molecular complexity index is 1890. The number of benzene rings is 1. The Hall–Kier alpha value is -4.86. The largest absolute Gasteiger partial charge is 0.461 e. The molecule has 5 rings (SSSR count). The van der Waals surface area contributed by atoms with Crippen molar-refractivity contribution in [3.8, 4) is 11.3 Å². The molecule has 1 aromatic heterocycles. The van der Waals surface area contributed by atoms with Gasteiger partial charge in [-0.25, -0.2) is 18.0 Å². The fraction of sp³-hybridized carbons (Fsp3) is 0.541. The monoisotopic (exact) mass is 755 g/mol. The summed E-state index contributed by atoms with van der Waals surface area (Å²) in [4.78, 5) is 69.4. The second-order valence-electron chi connectivity index (χ2n) is 16.0. The summed E-state index contributed by atoms with van der Waals surface area (Å²) in [7, 11) is -3.93. The molecule has 288 valence electrons. The van der Waals surface area contributed by atoms with Crippen molar-refractivity contribution in [1.29, 1.82) is 0 Å². The van der Waals surface area contributed by atoms with E-state index in [0.717, 1.165) is 0 Å². The molecule has 53 heavy (non-hydrogen) atoms. The summed E-state index contributed by atoms with van der Waals surface area (Å²) in [6.45, 7) is 15.5. The van der Waals surface area contributed by atoms with Crippen molar-refractivity contribution >= 4 is 45.6 Å². The first-order chi connectivity index (χ1) is 24.6. The number of sulfonamides is 1. The minimum atomic E-state index is -3.93. The van der Waals surface area contributed by atoms with E-state index in [-0.39, 0.29) is 19.4 Å². The molecule has 2 heterocycles. The van der Waals surface area contributed by atoms with Crippen LogP contribution < -0.4 is 20.7 Å². The van der Waals surface area contributed by atoms with Crippen molar-refractivity contribution in [3.05, 3.63) is 54.8 Å². The second kappa shape index (κ2) is 14.5. The summed E-state index contributed by atoms with van der Waals surface area (Å²) in [5.41, 5.74) is -2.34. The first-order valence-corrected chi connectivity index (χ1v) is 19.1. The van der Waals surface area contributed by atoms with Crippen LogP contribution in [0.2, 0.25) is 0 Å². The van der Waals surface area contributed by atoms with Gasteiger partial charge in [-0.05, 0) is 76.6 Å². The number of nitrogens with zero attached hydrogens (tertiary/aromatic N) is 1. The van der Waals surface area contributed by atoms with Gasteiger partial charge in [0.2, 0.25) is 21.8 Å². The number of alkyl carbamates (subject to hydrolysis) is 1. The molecule has 2 aromatic rings. The molecule has 0 bridgehead atoms. The maximum atomic E-state index is 14.4. The van der Waals surface area contributed by atoms with Gasteiger partial charge >= 0.3 is 12.2 Å². The summed E-state index contributed by atoms with van der Waals surface area (Å²) in [5.74, 6) is -1.68. The Balaban J connectivity index is 1.39.